The molecular weight excluding hydrogens is 456 g/mol. The van der Waals surface area contributed by atoms with Gasteiger partial charge in [-0.25, -0.2) is 13.2 Å². The molecule has 0 amide bonds. The van der Waals surface area contributed by atoms with Gasteiger partial charge in [0.05, 0.1) is 17.1 Å². The molecule has 1 atom stereocenters. The summed E-state index contributed by atoms with van der Waals surface area (Å²) in [5, 5.41) is 0.207. The maximum Gasteiger partial charge on any atom is 0.519 e. The van der Waals surface area contributed by atoms with Crippen LogP contribution in [0.3, 0.4) is 0 Å². The zero-order valence-corrected chi connectivity index (χ0v) is 18.7. The van der Waals surface area contributed by atoms with Gasteiger partial charge in [-0.3, -0.25) is 4.79 Å². The van der Waals surface area contributed by atoms with Crippen LogP contribution in [0.1, 0.15) is 17.9 Å². The minimum Gasteiger partial charge on any atom is -0.457 e. The largest absolute Gasteiger partial charge is 0.519 e. The molecule has 0 bridgehead atoms. The Labute approximate surface area is 188 Å². The van der Waals surface area contributed by atoms with Crippen LogP contribution < -0.4 is 15.3 Å². The number of esters is 1. The number of thioether (sulfide) groups is 1. The second kappa shape index (κ2) is 9.25. The first-order valence-electron chi connectivity index (χ1n) is 9.81. The van der Waals surface area contributed by atoms with Gasteiger partial charge >= 0.3 is 11.8 Å². The number of rotatable bonds is 9. The molecule has 1 aliphatic rings. The Kier molecular flexibility index (Phi) is 6.43. The van der Waals surface area contributed by atoms with Crippen LogP contribution in [-0.2, 0) is 21.1 Å². The van der Waals surface area contributed by atoms with Gasteiger partial charge in [0.2, 0.25) is 0 Å². The molecule has 32 heavy (non-hydrogen) atoms. The highest BCUT2D eigenvalue weighted by Crippen LogP contribution is 2.33. The van der Waals surface area contributed by atoms with Crippen LogP contribution in [0.4, 0.5) is 0 Å². The van der Waals surface area contributed by atoms with Crippen LogP contribution >= 0.6 is 11.8 Å². The lowest BCUT2D eigenvalue weighted by molar-refractivity contribution is -0.134. The summed E-state index contributed by atoms with van der Waals surface area (Å²) in [5.41, 5.74) is 0. The van der Waals surface area contributed by atoms with E-state index in [2.05, 4.69) is 0 Å². The zero-order valence-electron chi connectivity index (χ0n) is 17.1. The van der Waals surface area contributed by atoms with Crippen LogP contribution in [0, 0.1) is 6.92 Å². The second-order valence-electron chi connectivity index (χ2n) is 7.19. The predicted octanol–water partition coefficient (Wildman–Crippen LogP) is 3.76. The van der Waals surface area contributed by atoms with Gasteiger partial charge in [-0.15, -0.1) is 0 Å². The Balaban J connectivity index is 1.30. The van der Waals surface area contributed by atoms with E-state index in [1.54, 1.807) is 55.1 Å². The molecule has 1 fully saturated rings. The van der Waals surface area contributed by atoms with Crippen molar-refractivity contribution in [2.75, 3.05) is 11.5 Å². The van der Waals surface area contributed by atoms with Crippen molar-refractivity contribution in [2.45, 2.75) is 29.9 Å². The van der Waals surface area contributed by atoms with E-state index in [1.807, 2.05) is 0 Å². The number of carbonyl (C=O) groups is 1. The van der Waals surface area contributed by atoms with Gasteiger partial charge in [0.15, 0.2) is 9.84 Å². The predicted molar refractivity (Wildman–Crippen MR) is 117 cm³/mol. The molecule has 168 valence electrons. The van der Waals surface area contributed by atoms with Gasteiger partial charge in [-0.05, 0) is 55.5 Å². The maximum absolute atomic E-state index is 12.3. The standard InChI is InChI=1S/C22H20O8S2/c1-14-20(30-22(24)27-14)10-11-21(23)29-17-4-2-15(3-5-17)28-16-6-8-19(9-7-16)32(25,26)13-18-12-31-18/h2-9,18H,10-13H2,1H3. The fourth-order valence-electron chi connectivity index (χ4n) is 2.93. The zero-order chi connectivity index (χ0) is 22.7. The fourth-order valence-corrected chi connectivity index (χ4v) is 5.61. The summed E-state index contributed by atoms with van der Waals surface area (Å²) < 4.78 is 45.2. The molecule has 1 aliphatic heterocycles. The van der Waals surface area contributed by atoms with E-state index in [9.17, 15) is 18.0 Å². The molecule has 3 aromatic rings. The fraction of sp³-hybridized carbons (Fsp3) is 0.273. The lowest BCUT2D eigenvalue weighted by Gasteiger charge is -2.09. The molecule has 2 aromatic carbocycles. The normalized spacial score (nSPS) is 15.3. The Morgan fingerprint density at radius 3 is 2.19 bits per heavy atom. The number of hydrogen-bond donors (Lipinski definition) is 0. The summed E-state index contributed by atoms with van der Waals surface area (Å²) in [5.74, 6) is 1.78. The Morgan fingerprint density at radius 1 is 1.03 bits per heavy atom. The number of ether oxygens (including phenoxy) is 2. The van der Waals surface area contributed by atoms with Gasteiger partial charge in [-0.2, -0.15) is 11.8 Å². The van der Waals surface area contributed by atoms with Crippen molar-refractivity contribution in [3.63, 3.8) is 0 Å². The van der Waals surface area contributed by atoms with Gasteiger partial charge < -0.3 is 18.3 Å². The summed E-state index contributed by atoms with van der Waals surface area (Å²) >= 11 is 1.65. The van der Waals surface area contributed by atoms with Crippen molar-refractivity contribution >= 4 is 27.6 Å². The van der Waals surface area contributed by atoms with Gasteiger partial charge in [0.1, 0.15) is 28.8 Å². The topological polar surface area (TPSA) is 113 Å². The van der Waals surface area contributed by atoms with Crippen molar-refractivity contribution in [1.29, 1.82) is 0 Å². The maximum atomic E-state index is 12.3. The number of hydrogen-bond acceptors (Lipinski definition) is 9. The van der Waals surface area contributed by atoms with E-state index in [0.717, 1.165) is 5.75 Å². The van der Waals surface area contributed by atoms with Crippen LogP contribution in [-0.4, -0.2) is 31.1 Å². The molecule has 4 rings (SSSR count). The minimum absolute atomic E-state index is 0.0241. The molecule has 1 unspecified atom stereocenters. The quantitative estimate of drug-likeness (QED) is 0.259. The third kappa shape index (κ3) is 5.83. The summed E-state index contributed by atoms with van der Waals surface area (Å²) in [6, 6.07) is 12.7. The van der Waals surface area contributed by atoms with Crippen LogP contribution in [0.5, 0.6) is 17.2 Å². The third-order valence-electron chi connectivity index (χ3n) is 4.67. The molecule has 0 radical (unpaired) electrons. The van der Waals surface area contributed by atoms with E-state index >= 15 is 0 Å². The molecular formula is C22H20O8S2. The van der Waals surface area contributed by atoms with E-state index < -0.39 is 21.6 Å². The lowest BCUT2D eigenvalue weighted by atomic mass is 10.2. The van der Waals surface area contributed by atoms with Crippen LogP contribution in [0.25, 0.3) is 0 Å². The highest BCUT2D eigenvalue weighted by Gasteiger charge is 2.29. The monoisotopic (exact) mass is 476 g/mol. The molecule has 10 heteroatoms. The van der Waals surface area contributed by atoms with Gasteiger partial charge in [0, 0.05) is 17.4 Å². The number of carbonyl (C=O) groups excluding carboxylic acids is 1. The van der Waals surface area contributed by atoms with E-state index in [4.69, 9.17) is 18.3 Å². The van der Waals surface area contributed by atoms with Gasteiger partial charge in [-0.1, -0.05) is 0 Å². The Hall–Kier alpha value is -2.98. The molecule has 1 aromatic heterocycles. The molecule has 0 spiro atoms. The van der Waals surface area contributed by atoms with Gasteiger partial charge in [0.25, 0.3) is 0 Å². The molecule has 8 nitrogen and oxygen atoms in total. The van der Waals surface area contributed by atoms with Crippen molar-refractivity contribution < 1.29 is 31.5 Å². The highest BCUT2D eigenvalue weighted by molar-refractivity contribution is 8.08. The average Bonchev–Trinajstić information content (AvgIpc) is 3.49. The minimum atomic E-state index is -3.28. The summed E-state index contributed by atoms with van der Waals surface area (Å²) in [7, 11) is -3.28. The number of sulfone groups is 1. The second-order valence-corrected chi connectivity index (χ2v) is 10.6. The first kappa shape index (κ1) is 22.2. The molecule has 1 saturated heterocycles. The first-order valence-corrected chi connectivity index (χ1v) is 12.5. The highest BCUT2D eigenvalue weighted by atomic mass is 32.2. The number of aryl methyl sites for hydroxylation is 2. The summed E-state index contributed by atoms with van der Waals surface area (Å²) in [6.07, 6.45) is 0.221. The Morgan fingerprint density at radius 2 is 1.62 bits per heavy atom. The van der Waals surface area contributed by atoms with E-state index in [0.29, 0.717) is 28.8 Å². The smallest absolute Gasteiger partial charge is 0.457 e. The van der Waals surface area contributed by atoms with Crippen LogP contribution in [0.15, 0.2) is 67.1 Å². The third-order valence-corrected chi connectivity index (χ3v) is 7.69. The van der Waals surface area contributed by atoms with Crippen molar-refractivity contribution in [3.8, 4) is 17.2 Å². The average molecular weight is 477 g/mol. The molecule has 0 N–H and O–H groups in total. The van der Waals surface area contributed by atoms with E-state index in [-0.39, 0.29) is 28.7 Å². The van der Waals surface area contributed by atoms with Crippen molar-refractivity contribution in [3.05, 3.63) is 70.7 Å². The summed E-state index contributed by atoms with van der Waals surface area (Å²) in [6.45, 7) is 1.59. The van der Waals surface area contributed by atoms with Crippen molar-refractivity contribution in [2.24, 2.45) is 0 Å². The molecule has 0 saturated carbocycles. The van der Waals surface area contributed by atoms with Crippen molar-refractivity contribution in [1.82, 2.24) is 0 Å². The summed E-state index contributed by atoms with van der Waals surface area (Å²) in [4.78, 5) is 23.3. The Bertz CT molecular complexity index is 1250. The number of benzene rings is 2. The molecule has 2 heterocycles. The SMILES string of the molecule is Cc1oc(=O)oc1CCC(=O)Oc1ccc(Oc2ccc(S(=O)(=O)CC3CS3)cc2)cc1. The lowest BCUT2D eigenvalue weighted by Crippen LogP contribution is -2.10. The van der Waals surface area contributed by atoms with E-state index in [1.165, 1.54) is 12.1 Å². The molecule has 0 aliphatic carbocycles. The van der Waals surface area contributed by atoms with Crippen LogP contribution in [0.2, 0.25) is 0 Å². The first-order chi connectivity index (χ1) is 15.3.